The number of carboxylic acid groups (broad SMARTS) is 1. The molecule has 1 aliphatic heterocycles. The number of pyridine rings is 1. The van der Waals surface area contributed by atoms with Crippen LogP contribution in [0.5, 0.6) is 0 Å². The van der Waals surface area contributed by atoms with Crippen LogP contribution in [0.25, 0.3) is 15.8 Å². The minimum atomic E-state index is -0.921. The average molecular weight is 363 g/mol. The SMILES string of the molecule is CC1=C(C(=O)O)C(c2cccc3ncsc23)C(c2cccnc2)=C(C)N1. The predicted octanol–water partition coefficient (Wildman–Crippen LogP) is 4.17. The number of hydrogen-bond acceptors (Lipinski definition) is 5. The van der Waals surface area contributed by atoms with Crippen molar-refractivity contribution in [2.24, 2.45) is 0 Å². The van der Waals surface area contributed by atoms with Crippen LogP contribution in [-0.4, -0.2) is 21.0 Å². The van der Waals surface area contributed by atoms with E-state index in [9.17, 15) is 9.90 Å². The molecule has 0 fully saturated rings. The van der Waals surface area contributed by atoms with Gasteiger partial charge in [-0.25, -0.2) is 9.78 Å². The van der Waals surface area contributed by atoms with Crippen molar-refractivity contribution >= 4 is 33.1 Å². The number of allylic oxidation sites excluding steroid dienone is 3. The second-order valence-corrected chi connectivity index (χ2v) is 7.08. The summed E-state index contributed by atoms with van der Waals surface area (Å²) < 4.78 is 1.01. The molecule has 0 saturated heterocycles. The molecule has 0 aliphatic carbocycles. The Morgan fingerprint density at radius 2 is 2.04 bits per heavy atom. The van der Waals surface area contributed by atoms with E-state index < -0.39 is 5.97 Å². The molecule has 0 amide bonds. The van der Waals surface area contributed by atoms with Crippen LogP contribution in [0, 0.1) is 0 Å². The van der Waals surface area contributed by atoms with Gasteiger partial charge in [0.25, 0.3) is 0 Å². The Morgan fingerprint density at radius 1 is 1.19 bits per heavy atom. The molecule has 0 radical (unpaired) electrons. The highest BCUT2D eigenvalue weighted by Crippen LogP contribution is 2.45. The summed E-state index contributed by atoms with van der Waals surface area (Å²) in [6, 6.07) is 9.72. The van der Waals surface area contributed by atoms with E-state index in [1.54, 1.807) is 17.9 Å². The third kappa shape index (κ3) is 2.59. The largest absolute Gasteiger partial charge is 0.478 e. The van der Waals surface area contributed by atoms with Crippen molar-refractivity contribution in [2.45, 2.75) is 19.8 Å². The lowest BCUT2D eigenvalue weighted by Gasteiger charge is -2.31. The fraction of sp³-hybridized carbons (Fsp3) is 0.150. The average Bonchev–Trinajstić information content (AvgIpc) is 3.10. The molecule has 0 saturated carbocycles. The van der Waals surface area contributed by atoms with Crippen molar-refractivity contribution in [1.29, 1.82) is 0 Å². The van der Waals surface area contributed by atoms with Crippen molar-refractivity contribution in [3.05, 3.63) is 76.3 Å². The molecule has 0 spiro atoms. The summed E-state index contributed by atoms with van der Waals surface area (Å²) in [5.41, 5.74) is 7.44. The minimum Gasteiger partial charge on any atom is -0.478 e. The fourth-order valence-corrected chi connectivity index (χ4v) is 4.46. The number of aliphatic carboxylic acids is 1. The molecule has 130 valence electrons. The van der Waals surface area contributed by atoms with Gasteiger partial charge in [0, 0.05) is 29.7 Å². The summed E-state index contributed by atoms with van der Waals surface area (Å²) in [6.45, 7) is 3.79. The first-order valence-electron chi connectivity index (χ1n) is 8.22. The fourth-order valence-electron chi connectivity index (χ4n) is 3.63. The second-order valence-electron chi connectivity index (χ2n) is 6.23. The Kier molecular flexibility index (Phi) is 4.05. The molecule has 6 heteroatoms. The van der Waals surface area contributed by atoms with Crippen LogP contribution in [-0.2, 0) is 4.79 Å². The number of nitrogens with zero attached hydrogens (tertiary/aromatic N) is 2. The lowest BCUT2D eigenvalue weighted by Crippen LogP contribution is -2.27. The van der Waals surface area contributed by atoms with E-state index in [4.69, 9.17) is 0 Å². The van der Waals surface area contributed by atoms with Gasteiger partial charge in [-0.2, -0.15) is 0 Å². The van der Waals surface area contributed by atoms with Gasteiger partial charge in [-0.05, 0) is 42.7 Å². The molecular formula is C20H17N3O2S. The number of carboxylic acids is 1. The maximum absolute atomic E-state index is 12.2. The molecule has 0 bridgehead atoms. The van der Waals surface area contributed by atoms with Crippen molar-refractivity contribution in [3.8, 4) is 0 Å². The summed E-state index contributed by atoms with van der Waals surface area (Å²) in [6.07, 6.45) is 3.49. The number of aromatic nitrogens is 2. The molecule has 3 heterocycles. The summed E-state index contributed by atoms with van der Waals surface area (Å²) in [5.74, 6) is -1.31. The molecule has 5 nitrogen and oxygen atoms in total. The summed E-state index contributed by atoms with van der Waals surface area (Å²) in [7, 11) is 0. The number of benzene rings is 1. The number of thiazole rings is 1. The van der Waals surface area contributed by atoms with Crippen molar-refractivity contribution in [3.63, 3.8) is 0 Å². The first kappa shape index (κ1) is 16.5. The third-order valence-electron chi connectivity index (χ3n) is 4.66. The highest BCUT2D eigenvalue weighted by molar-refractivity contribution is 7.17. The van der Waals surface area contributed by atoms with Gasteiger partial charge in [0.15, 0.2) is 0 Å². The van der Waals surface area contributed by atoms with E-state index >= 15 is 0 Å². The quantitative estimate of drug-likeness (QED) is 0.730. The number of carbonyl (C=O) groups is 1. The Morgan fingerprint density at radius 3 is 2.77 bits per heavy atom. The molecule has 4 rings (SSSR count). The van der Waals surface area contributed by atoms with Crippen LogP contribution in [0.15, 0.2) is 65.2 Å². The molecule has 1 aliphatic rings. The van der Waals surface area contributed by atoms with E-state index in [1.807, 2.05) is 44.2 Å². The molecular weight excluding hydrogens is 346 g/mol. The Labute approximate surface area is 154 Å². The van der Waals surface area contributed by atoms with Gasteiger partial charge in [-0.3, -0.25) is 4.98 Å². The zero-order valence-electron chi connectivity index (χ0n) is 14.4. The van der Waals surface area contributed by atoms with Crippen LogP contribution < -0.4 is 5.32 Å². The Bertz CT molecular complexity index is 1070. The van der Waals surface area contributed by atoms with Crippen molar-refractivity contribution in [2.75, 3.05) is 0 Å². The zero-order chi connectivity index (χ0) is 18.3. The topological polar surface area (TPSA) is 75.1 Å². The molecule has 26 heavy (non-hydrogen) atoms. The lowest BCUT2D eigenvalue weighted by atomic mass is 9.78. The van der Waals surface area contributed by atoms with Crippen molar-refractivity contribution in [1.82, 2.24) is 15.3 Å². The first-order valence-corrected chi connectivity index (χ1v) is 9.10. The van der Waals surface area contributed by atoms with Gasteiger partial charge in [0.05, 0.1) is 21.3 Å². The third-order valence-corrected chi connectivity index (χ3v) is 5.55. The second kappa shape index (κ2) is 6.38. The Hall–Kier alpha value is -2.99. The standard InChI is InChI=1S/C20H17N3O2S/c1-11-16(13-5-4-8-21-9-13)18(17(20(24)25)12(2)23-11)14-6-3-7-15-19(14)26-10-22-15/h3-10,18,23H,1-2H3,(H,24,25). The van der Waals surface area contributed by atoms with Gasteiger partial charge < -0.3 is 10.4 Å². The van der Waals surface area contributed by atoms with Crippen molar-refractivity contribution < 1.29 is 9.90 Å². The predicted molar refractivity (Wildman–Crippen MR) is 103 cm³/mol. The normalized spacial score (nSPS) is 17.5. The van der Waals surface area contributed by atoms with Crippen LogP contribution in [0.4, 0.5) is 0 Å². The number of nitrogens with one attached hydrogen (secondary N) is 1. The number of dihydropyridines is 1. The number of hydrogen-bond donors (Lipinski definition) is 2. The van der Waals surface area contributed by atoms with Crippen LogP contribution in [0.1, 0.15) is 30.9 Å². The van der Waals surface area contributed by atoms with E-state index in [1.165, 1.54) is 11.3 Å². The smallest absolute Gasteiger partial charge is 0.334 e. The maximum Gasteiger partial charge on any atom is 0.334 e. The number of fused-ring (bicyclic) bond motifs is 1. The molecule has 3 aromatic rings. The van der Waals surface area contributed by atoms with Gasteiger partial charge in [0.2, 0.25) is 0 Å². The van der Waals surface area contributed by atoms with Gasteiger partial charge >= 0.3 is 5.97 Å². The van der Waals surface area contributed by atoms with E-state index in [-0.39, 0.29) is 5.92 Å². The number of rotatable bonds is 3. The molecule has 2 aromatic heterocycles. The summed E-state index contributed by atoms with van der Waals surface area (Å²) >= 11 is 1.54. The van der Waals surface area contributed by atoms with E-state index in [2.05, 4.69) is 15.3 Å². The highest BCUT2D eigenvalue weighted by atomic mass is 32.1. The molecule has 2 N–H and O–H groups in total. The van der Waals surface area contributed by atoms with Crippen LogP contribution >= 0.6 is 11.3 Å². The summed E-state index contributed by atoms with van der Waals surface area (Å²) in [5, 5.41) is 13.2. The highest BCUT2D eigenvalue weighted by Gasteiger charge is 2.35. The monoisotopic (exact) mass is 363 g/mol. The van der Waals surface area contributed by atoms with Gasteiger partial charge in [-0.1, -0.05) is 18.2 Å². The van der Waals surface area contributed by atoms with E-state index in [0.717, 1.165) is 32.6 Å². The molecule has 1 unspecified atom stereocenters. The van der Waals surface area contributed by atoms with E-state index in [0.29, 0.717) is 11.3 Å². The summed E-state index contributed by atoms with van der Waals surface area (Å²) in [4.78, 5) is 20.8. The zero-order valence-corrected chi connectivity index (χ0v) is 15.2. The molecule has 1 aromatic carbocycles. The molecule has 1 atom stereocenters. The van der Waals surface area contributed by atoms with Gasteiger partial charge in [-0.15, -0.1) is 11.3 Å². The minimum absolute atomic E-state index is 0.357. The lowest BCUT2D eigenvalue weighted by molar-refractivity contribution is -0.132. The van der Waals surface area contributed by atoms with Gasteiger partial charge in [0.1, 0.15) is 0 Å². The van der Waals surface area contributed by atoms with Crippen LogP contribution in [0.3, 0.4) is 0 Å². The first-order chi connectivity index (χ1) is 12.6. The maximum atomic E-state index is 12.2. The van der Waals surface area contributed by atoms with Crippen LogP contribution in [0.2, 0.25) is 0 Å². The Balaban J connectivity index is 2.03.